The van der Waals surface area contributed by atoms with Gasteiger partial charge in [-0.3, -0.25) is 14.9 Å². The smallest absolute Gasteiger partial charge is 0.335 e. The lowest BCUT2D eigenvalue weighted by Gasteiger charge is -2.27. The maximum absolute atomic E-state index is 13.0. The number of methoxy groups -OCH3 is 1. The molecule has 0 bridgehead atoms. The molecule has 3 rings (SSSR count). The number of urea groups is 1. The van der Waals surface area contributed by atoms with Gasteiger partial charge in [-0.25, -0.2) is 9.69 Å². The predicted molar refractivity (Wildman–Crippen MR) is 108 cm³/mol. The first-order chi connectivity index (χ1) is 13.2. The van der Waals surface area contributed by atoms with Crippen LogP contribution in [-0.4, -0.2) is 30.1 Å². The summed E-state index contributed by atoms with van der Waals surface area (Å²) in [6.45, 7) is 1.67. The largest absolute Gasteiger partial charge is 0.503 e. The van der Waals surface area contributed by atoms with E-state index in [0.29, 0.717) is 20.6 Å². The van der Waals surface area contributed by atoms with Crippen LogP contribution in [0, 0.1) is 6.92 Å². The number of ether oxygens (including phenoxy) is 1. The summed E-state index contributed by atoms with van der Waals surface area (Å²) in [5.74, 6) is -1.57. The van der Waals surface area contributed by atoms with E-state index in [4.69, 9.17) is 16.3 Å². The van der Waals surface area contributed by atoms with Crippen molar-refractivity contribution in [2.45, 2.75) is 6.92 Å². The molecule has 1 aliphatic rings. The monoisotopic (exact) mass is 464 g/mol. The maximum Gasteiger partial charge on any atom is 0.335 e. The van der Waals surface area contributed by atoms with Gasteiger partial charge >= 0.3 is 6.03 Å². The van der Waals surface area contributed by atoms with Gasteiger partial charge in [0.15, 0.2) is 11.5 Å². The molecule has 4 amide bonds. The zero-order chi connectivity index (χ0) is 20.6. The Balaban J connectivity index is 2.09. The van der Waals surface area contributed by atoms with Crippen LogP contribution < -0.4 is 15.0 Å². The number of anilines is 1. The van der Waals surface area contributed by atoms with Crippen LogP contribution >= 0.6 is 27.5 Å². The van der Waals surface area contributed by atoms with E-state index < -0.39 is 17.8 Å². The number of carbonyl (C=O) groups is 3. The van der Waals surface area contributed by atoms with Crippen LogP contribution in [0.2, 0.25) is 5.02 Å². The van der Waals surface area contributed by atoms with Gasteiger partial charge in [0.25, 0.3) is 11.8 Å². The van der Waals surface area contributed by atoms with Gasteiger partial charge in [0.05, 0.1) is 17.3 Å². The lowest BCUT2D eigenvalue weighted by atomic mass is 10.1. The number of phenolic OH excluding ortho intramolecular Hbond substituents is 1. The van der Waals surface area contributed by atoms with Crippen molar-refractivity contribution < 1.29 is 24.2 Å². The molecule has 2 N–H and O–H groups in total. The van der Waals surface area contributed by atoms with Crippen molar-refractivity contribution in [3.8, 4) is 11.5 Å². The standard InChI is InChI=1S/C19H14BrClN2O5/c1-9-13(21)4-3-5-14(9)23-18(26)11(17(25)22-19(23)27)6-10-7-12(20)16(24)15(8-10)28-2/h3-8,24H,1-2H3,(H,22,25,27)/b11-6+. The highest BCUT2D eigenvalue weighted by Crippen LogP contribution is 2.36. The molecular weight excluding hydrogens is 452 g/mol. The Labute approximate surface area is 173 Å². The molecule has 28 heavy (non-hydrogen) atoms. The summed E-state index contributed by atoms with van der Waals surface area (Å²) in [5, 5.41) is 12.4. The number of barbiturate groups is 1. The Morgan fingerprint density at radius 2 is 1.96 bits per heavy atom. The van der Waals surface area contributed by atoms with E-state index in [2.05, 4.69) is 21.2 Å². The van der Waals surface area contributed by atoms with E-state index in [-0.39, 0.29) is 22.8 Å². The van der Waals surface area contributed by atoms with Crippen molar-refractivity contribution in [1.82, 2.24) is 5.32 Å². The summed E-state index contributed by atoms with van der Waals surface area (Å²) >= 11 is 9.28. The van der Waals surface area contributed by atoms with Gasteiger partial charge in [0, 0.05) is 5.02 Å². The molecule has 0 unspecified atom stereocenters. The van der Waals surface area contributed by atoms with Crippen LogP contribution in [0.5, 0.6) is 11.5 Å². The second-order valence-electron chi connectivity index (χ2n) is 5.90. The average Bonchev–Trinajstić information content (AvgIpc) is 2.64. The second-order valence-corrected chi connectivity index (χ2v) is 7.16. The minimum atomic E-state index is -0.859. The number of phenols is 1. The summed E-state index contributed by atoms with van der Waals surface area (Å²) in [7, 11) is 1.37. The molecule has 1 fully saturated rings. The second kappa shape index (κ2) is 7.65. The van der Waals surface area contributed by atoms with E-state index in [0.717, 1.165) is 4.90 Å². The number of hydrogen-bond acceptors (Lipinski definition) is 5. The van der Waals surface area contributed by atoms with Crippen molar-refractivity contribution in [2.24, 2.45) is 0 Å². The van der Waals surface area contributed by atoms with E-state index in [9.17, 15) is 19.5 Å². The van der Waals surface area contributed by atoms with Gasteiger partial charge in [-0.1, -0.05) is 17.7 Å². The van der Waals surface area contributed by atoms with E-state index in [1.165, 1.54) is 25.3 Å². The fourth-order valence-electron chi connectivity index (χ4n) is 2.71. The van der Waals surface area contributed by atoms with Crippen molar-refractivity contribution in [1.29, 1.82) is 0 Å². The van der Waals surface area contributed by atoms with Gasteiger partial charge < -0.3 is 9.84 Å². The van der Waals surface area contributed by atoms with Crippen LogP contribution in [0.4, 0.5) is 10.5 Å². The van der Waals surface area contributed by atoms with Crippen LogP contribution in [0.1, 0.15) is 11.1 Å². The van der Waals surface area contributed by atoms with Crippen molar-refractivity contribution in [2.75, 3.05) is 12.0 Å². The topological polar surface area (TPSA) is 95.9 Å². The number of amides is 4. The summed E-state index contributed by atoms with van der Waals surface area (Å²) in [4.78, 5) is 38.4. The van der Waals surface area contributed by atoms with E-state index in [1.54, 1.807) is 25.1 Å². The van der Waals surface area contributed by atoms with Gasteiger partial charge in [0.1, 0.15) is 5.57 Å². The number of benzene rings is 2. The minimum absolute atomic E-state index is 0.115. The fraction of sp³-hybridized carbons (Fsp3) is 0.105. The molecule has 0 radical (unpaired) electrons. The molecule has 7 nitrogen and oxygen atoms in total. The lowest BCUT2D eigenvalue weighted by molar-refractivity contribution is -0.122. The molecule has 0 spiro atoms. The van der Waals surface area contributed by atoms with Crippen LogP contribution in [0.15, 0.2) is 40.4 Å². The third-order valence-corrected chi connectivity index (χ3v) is 5.18. The number of hydrogen-bond donors (Lipinski definition) is 2. The van der Waals surface area contributed by atoms with Crippen molar-refractivity contribution in [3.05, 3.63) is 56.5 Å². The molecule has 1 heterocycles. The van der Waals surface area contributed by atoms with Crippen molar-refractivity contribution in [3.63, 3.8) is 0 Å². The number of aromatic hydroxyl groups is 1. The SMILES string of the molecule is COc1cc(/C=C2\C(=O)NC(=O)N(c3cccc(Cl)c3C)C2=O)cc(Br)c1O. The van der Waals surface area contributed by atoms with Gasteiger partial charge in [-0.2, -0.15) is 0 Å². The molecule has 0 saturated carbocycles. The molecule has 1 saturated heterocycles. The zero-order valence-corrected chi connectivity index (χ0v) is 17.1. The average molecular weight is 466 g/mol. The number of nitrogens with zero attached hydrogens (tertiary/aromatic N) is 1. The van der Waals surface area contributed by atoms with Gasteiger partial charge in [0.2, 0.25) is 0 Å². The Morgan fingerprint density at radius 1 is 1.25 bits per heavy atom. The Morgan fingerprint density at radius 3 is 2.64 bits per heavy atom. The van der Waals surface area contributed by atoms with Crippen LogP contribution in [-0.2, 0) is 9.59 Å². The summed E-state index contributed by atoms with van der Waals surface area (Å²) in [6, 6.07) is 6.91. The molecular formula is C19H14BrClN2O5. The molecule has 0 aromatic heterocycles. The van der Waals surface area contributed by atoms with Crippen LogP contribution in [0.3, 0.4) is 0 Å². The maximum atomic E-state index is 13.0. The van der Waals surface area contributed by atoms with Gasteiger partial charge in [-0.05, 0) is 64.3 Å². The number of imide groups is 2. The summed E-state index contributed by atoms with van der Waals surface area (Å²) in [5.41, 5.74) is 0.962. The van der Waals surface area contributed by atoms with Crippen molar-refractivity contribution >= 4 is 57.1 Å². The third-order valence-electron chi connectivity index (χ3n) is 4.16. The quantitative estimate of drug-likeness (QED) is 0.531. The lowest BCUT2D eigenvalue weighted by Crippen LogP contribution is -2.54. The molecule has 9 heteroatoms. The summed E-state index contributed by atoms with van der Waals surface area (Å²) in [6.07, 6.45) is 1.31. The Kier molecular flexibility index (Phi) is 5.44. The molecule has 0 aliphatic carbocycles. The predicted octanol–water partition coefficient (Wildman–Crippen LogP) is 3.79. The molecule has 2 aromatic carbocycles. The van der Waals surface area contributed by atoms with E-state index >= 15 is 0 Å². The highest BCUT2D eigenvalue weighted by molar-refractivity contribution is 9.10. The minimum Gasteiger partial charge on any atom is -0.503 e. The molecule has 1 aliphatic heterocycles. The first-order valence-corrected chi connectivity index (χ1v) is 9.14. The number of nitrogens with one attached hydrogen (secondary N) is 1. The van der Waals surface area contributed by atoms with Crippen LogP contribution in [0.25, 0.3) is 6.08 Å². The zero-order valence-electron chi connectivity index (χ0n) is 14.7. The Hall–Kier alpha value is -2.84. The first-order valence-electron chi connectivity index (χ1n) is 7.97. The number of rotatable bonds is 3. The van der Waals surface area contributed by atoms with Gasteiger partial charge in [-0.15, -0.1) is 0 Å². The molecule has 2 aromatic rings. The summed E-state index contributed by atoms with van der Waals surface area (Å²) < 4.78 is 5.39. The third kappa shape index (κ3) is 3.48. The fourth-order valence-corrected chi connectivity index (χ4v) is 3.34. The number of carbonyl (C=O) groups excluding carboxylic acids is 3. The first kappa shape index (κ1) is 19.9. The molecule has 144 valence electrons. The highest BCUT2D eigenvalue weighted by Gasteiger charge is 2.37. The van der Waals surface area contributed by atoms with E-state index in [1.807, 2.05) is 0 Å². The molecule has 0 atom stereocenters. The normalized spacial score (nSPS) is 15.8. The Bertz CT molecular complexity index is 1050. The highest BCUT2D eigenvalue weighted by atomic mass is 79.9. The number of halogens is 2.